The van der Waals surface area contributed by atoms with Crippen molar-refractivity contribution < 1.29 is 18.9 Å². The number of ether oxygens (including phenoxy) is 4. The third kappa shape index (κ3) is 3.50. The van der Waals surface area contributed by atoms with Gasteiger partial charge in [-0.2, -0.15) is 0 Å². The van der Waals surface area contributed by atoms with Gasteiger partial charge in [-0.15, -0.1) is 0 Å². The van der Waals surface area contributed by atoms with Crippen molar-refractivity contribution in [3.05, 3.63) is 60.7 Å². The van der Waals surface area contributed by atoms with Crippen LogP contribution in [0.25, 0.3) is 0 Å². The normalized spacial score (nSPS) is 22.2. The lowest BCUT2D eigenvalue weighted by atomic mass is 10.3. The molecule has 0 aromatic heterocycles. The number of benzene rings is 2. The lowest BCUT2D eigenvalue weighted by Crippen LogP contribution is -2.41. The minimum absolute atomic E-state index is 0.340. The van der Waals surface area contributed by atoms with E-state index in [0.29, 0.717) is 13.2 Å². The molecule has 3 rings (SSSR count). The molecule has 2 aromatic carbocycles. The smallest absolute Gasteiger partial charge is 0.223 e. The number of para-hydroxylation sites is 2. The van der Waals surface area contributed by atoms with Gasteiger partial charge in [-0.05, 0) is 24.3 Å². The lowest BCUT2D eigenvalue weighted by molar-refractivity contribution is -0.246. The summed E-state index contributed by atoms with van der Waals surface area (Å²) in [7, 11) is 0. The minimum Gasteiger partial charge on any atom is -0.462 e. The summed E-state index contributed by atoms with van der Waals surface area (Å²) >= 11 is 0. The maximum Gasteiger partial charge on any atom is 0.223 e. The fourth-order valence-corrected chi connectivity index (χ4v) is 1.91. The first-order valence-corrected chi connectivity index (χ1v) is 6.57. The summed E-state index contributed by atoms with van der Waals surface area (Å²) in [6, 6.07) is 19.1. The van der Waals surface area contributed by atoms with E-state index in [1.165, 1.54) is 0 Å². The predicted octanol–water partition coefficient (Wildman–Crippen LogP) is 2.84. The summed E-state index contributed by atoms with van der Waals surface area (Å²) in [6.07, 6.45) is -0.791. The highest BCUT2D eigenvalue weighted by Crippen LogP contribution is 2.18. The van der Waals surface area contributed by atoms with Crippen LogP contribution in [0.5, 0.6) is 11.5 Å². The lowest BCUT2D eigenvalue weighted by Gasteiger charge is -2.29. The largest absolute Gasteiger partial charge is 0.462 e. The SMILES string of the molecule is c1ccc(O[C@@H]2CO[C@@H](Oc3ccccc3)CO2)cc1. The summed E-state index contributed by atoms with van der Waals surface area (Å²) in [5.74, 6) is 1.53. The first-order chi connectivity index (χ1) is 9.90. The Bertz CT molecular complexity index is 457. The highest BCUT2D eigenvalue weighted by molar-refractivity contribution is 5.21. The molecule has 1 fully saturated rings. The van der Waals surface area contributed by atoms with Crippen molar-refractivity contribution in [3.63, 3.8) is 0 Å². The van der Waals surface area contributed by atoms with Crippen molar-refractivity contribution in [1.82, 2.24) is 0 Å². The van der Waals surface area contributed by atoms with Crippen LogP contribution in [-0.2, 0) is 9.47 Å². The highest BCUT2D eigenvalue weighted by atomic mass is 16.8. The molecule has 0 aliphatic carbocycles. The van der Waals surface area contributed by atoms with Crippen LogP contribution in [0.15, 0.2) is 60.7 Å². The molecule has 4 nitrogen and oxygen atoms in total. The van der Waals surface area contributed by atoms with Crippen LogP contribution in [0.3, 0.4) is 0 Å². The Labute approximate surface area is 117 Å². The molecule has 0 saturated carbocycles. The van der Waals surface area contributed by atoms with Gasteiger partial charge in [0.05, 0.1) is 0 Å². The Balaban J connectivity index is 1.47. The summed E-state index contributed by atoms with van der Waals surface area (Å²) in [6.45, 7) is 0.679. The van der Waals surface area contributed by atoms with Gasteiger partial charge in [0.15, 0.2) is 0 Å². The van der Waals surface area contributed by atoms with Gasteiger partial charge in [-0.25, -0.2) is 0 Å². The summed E-state index contributed by atoms with van der Waals surface area (Å²) in [5, 5.41) is 0. The van der Waals surface area contributed by atoms with Gasteiger partial charge >= 0.3 is 0 Å². The second-order valence-corrected chi connectivity index (χ2v) is 4.39. The summed E-state index contributed by atoms with van der Waals surface area (Å²) < 4.78 is 22.5. The van der Waals surface area contributed by atoms with Crippen LogP contribution in [0.1, 0.15) is 0 Å². The summed E-state index contributed by atoms with van der Waals surface area (Å²) in [5.41, 5.74) is 0. The molecule has 1 heterocycles. The Kier molecular flexibility index (Phi) is 4.16. The zero-order chi connectivity index (χ0) is 13.6. The van der Waals surface area contributed by atoms with Crippen LogP contribution in [0.2, 0.25) is 0 Å². The Hall–Kier alpha value is -2.04. The van der Waals surface area contributed by atoms with E-state index in [0.717, 1.165) is 11.5 Å². The third-order valence-electron chi connectivity index (χ3n) is 2.86. The first kappa shape index (κ1) is 13.0. The van der Waals surface area contributed by atoms with Gasteiger partial charge in [0, 0.05) is 0 Å². The van der Waals surface area contributed by atoms with Gasteiger partial charge < -0.3 is 18.9 Å². The molecule has 2 atom stereocenters. The Morgan fingerprint density at radius 1 is 0.650 bits per heavy atom. The Morgan fingerprint density at radius 2 is 1.05 bits per heavy atom. The van der Waals surface area contributed by atoms with E-state index in [4.69, 9.17) is 18.9 Å². The van der Waals surface area contributed by atoms with E-state index < -0.39 is 12.6 Å². The average Bonchev–Trinajstić information content (AvgIpc) is 2.51. The second kappa shape index (κ2) is 6.41. The minimum atomic E-state index is -0.395. The van der Waals surface area contributed by atoms with E-state index >= 15 is 0 Å². The fraction of sp³-hybridized carbons (Fsp3) is 0.250. The van der Waals surface area contributed by atoms with E-state index in [1.807, 2.05) is 60.7 Å². The number of rotatable bonds is 4. The molecular weight excluding hydrogens is 256 g/mol. The van der Waals surface area contributed by atoms with Crippen molar-refractivity contribution in [2.45, 2.75) is 12.6 Å². The molecule has 1 aliphatic rings. The molecule has 104 valence electrons. The molecule has 0 amide bonds. The van der Waals surface area contributed by atoms with Crippen molar-refractivity contribution in [2.75, 3.05) is 13.2 Å². The quantitative estimate of drug-likeness (QED) is 0.857. The van der Waals surface area contributed by atoms with Gasteiger partial charge in [-0.1, -0.05) is 36.4 Å². The third-order valence-corrected chi connectivity index (χ3v) is 2.86. The topological polar surface area (TPSA) is 36.9 Å². The summed E-state index contributed by atoms with van der Waals surface area (Å²) in [4.78, 5) is 0. The zero-order valence-electron chi connectivity index (χ0n) is 11.0. The zero-order valence-corrected chi connectivity index (χ0v) is 11.0. The predicted molar refractivity (Wildman–Crippen MR) is 73.6 cm³/mol. The molecular formula is C16H16O4. The molecule has 0 unspecified atom stereocenters. The van der Waals surface area contributed by atoms with Gasteiger partial charge in [-0.3, -0.25) is 0 Å². The van der Waals surface area contributed by atoms with Gasteiger partial charge in [0.2, 0.25) is 12.6 Å². The number of hydrogen-bond donors (Lipinski definition) is 0. The van der Waals surface area contributed by atoms with Crippen molar-refractivity contribution >= 4 is 0 Å². The van der Waals surface area contributed by atoms with Crippen LogP contribution in [0, 0.1) is 0 Å². The molecule has 2 aromatic rings. The van der Waals surface area contributed by atoms with Gasteiger partial charge in [0.1, 0.15) is 24.7 Å². The highest BCUT2D eigenvalue weighted by Gasteiger charge is 2.24. The molecule has 1 saturated heterocycles. The van der Waals surface area contributed by atoms with E-state index in [9.17, 15) is 0 Å². The molecule has 0 bridgehead atoms. The van der Waals surface area contributed by atoms with E-state index in [-0.39, 0.29) is 0 Å². The Morgan fingerprint density at radius 3 is 1.40 bits per heavy atom. The molecule has 1 aliphatic heterocycles. The molecule has 4 heteroatoms. The van der Waals surface area contributed by atoms with E-state index in [2.05, 4.69) is 0 Å². The molecule has 0 spiro atoms. The van der Waals surface area contributed by atoms with Crippen molar-refractivity contribution in [2.24, 2.45) is 0 Å². The molecule has 0 radical (unpaired) electrons. The second-order valence-electron chi connectivity index (χ2n) is 4.39. The molecule has 0 N–H and O–H groups in total. The van der Waals surface area contributed by atoms with Gasteiger partial charge in [0.25, 0.3) is 0 Å². The van der Waals surface area contributed by atoms with Crippen LogP contribution in [-0.4, -0.2) is 25.8 Å². The van der Waals surface area contributed by atoms with Crippen LogP contribution in [0.4, 0.5) is 0 Å². The maximum absolute atomic E-state index is 5.65. The fourth-order valence-electron chi connectivity index (χ4n) is 1.91. The molecule has 20 heavy (non-hydrogen) atoms. The standard InChI is InChI=1S/C16H16O4/c1-3-7-13(8-4-1)19-15-11-18-16(12-17-15)20-14-9-5-2-6-10-14/h1-10,15-16H,11-12H2/t15-,16+. The average molecular weight is 272 g/mol. The van der Waals surface area contributed by atoms with Crippen LogP contribution < -0.4 is 9.47 Å². The van der Waals surface area contributed by atoms with Crippen molar-refractivity contribution in [3.8, 4) is 11.5 Å². The van der Waals surface area contributed by atoms with E-state index in [1.54, 1.807) is 0 Å². The first-order valence-electron chi connectivity index (χ1n) is 6.57. The monoisotopic (exact) mass is 272 g/mol. The number of hydrogen-bond acceptors (Lipinski definition) is 4. The van der Waals surface area contributed by atoms with Crippen molar-refractivity contribution in [1.29, 1.82) is 0 Å². The maximum atomic E-state index is 5.65. The van der Waals surface area contributed by atoms with Crippen LogP contribution >= 0.6 is 0 Å².